The van der Waals surface area contributed by atoms with Crippen LogP contribution < -0.4 is 0 Å². The molecule has 2 heterocycles. The van der Waals surface area contributed by atoms with E-state index in [0.29, 0.717) is 12.1 Å². The van der Waals surface area contributed by atoms with Gasteiger partial charge >= 0.3 is 0 Å². The monoisotopic (exact) mass is 280 g/mol. The first-order chi connectivity index (χ1) is 8.93. The van der Waals surface area contributed by atoms with Crippen LogP contribution in [0.3, 0.4) is 0 Å². The van der Waals surface area contributed by atoms with Crippen molar-refractivity contribution in [1.82, 2.24) is 9.88 Å². The number of hydrogen-bond acceptors (Lipinski definition) is 4. The molecule has 1 amide bonds. The number of hydrogen-bond donors (Lipinski definition) is 1. The van der Waals surface area contributed by atoms with Crippen LogP contribution in [-0.4, -0.2) is 45.3 Å². The number of thioether (sulfide) groups is 1. The number of aliphatic hydroxyl groups is 1. The van der Waals surface area contributed by atoms with E-state index < -0.39 is 5.60 Å². The number of pyridine rings is 1. The Morgan fingerprint density at radius 1 is 1.53 bits per heavy atom. The van der Waals surface area contributed by atoms with Crippen LogP contribution in [0.5, 0.6) is 0 Å². The lowest BCUT2D eigenvalue weighted by molar-refractivity contribution is 0.000315. The second-order valence-electron chi connectivity index (χ2n) is 5.40. The molecule has 19 heavy (non-hydrogen) atoms. The van der Waals surface area contributed by atoms with E-state index in [1.165, 1.54) is 0 Å². The fourth-order valence-corrected chi connectivity index (χ4v) is 2.90. The summed E-state index contributed by atoms with van der Waals surface area (Å²) in [6.07, 6.45) is 5.37. The normalized spacial score (nSPS) is 19.8. The van der Waals surface area contributed by atoms with E-state index in [9.17, 15) is 9.90 Å². The van der Waals surface area contributed by atoms with Crippen molar-refractivity contribution in [3.05, 3.63) is 23.9 Å². The summed E-state index contributed by atoms with van der Waals surface area (Å²) in [5.41, 5.74) is -0.271. The molecule has 1 saturated heterocycles. The first kappa shape index (κ1) is 14.3. The number of aromatic nitrogens is 1. The van der Waals surface area contributed by atoms with Gasteiger partial charge in [-0.3, -0.25) is 4.79 Å². The van der Waals surface area contributed by atoms with Gasteiger partial charge < -0.3 is 10.0 Å². The number of rotatable bonds is 3. The van der Waals surface area contributed by atoms with Crippen LogP contribution >= 0.6 is 11.8 Å². The Labute approximate surface area is 118 Å². The molecule has 0 spiro atoms. The zero-order chi connectivity index (χ0) is 14.0. The van der Waals surface area contributed by atoms with Crippen molar-refractivity contribution in [1.29, 1.82) is 0 Å². The van der Waals surface area contributed by atoms with Crippen LogP contribution in [0, 0.1) is 0 Å². The van der Waals surface area contributed by atoms with Crippen LogP contribution in [0.1, 0.15) is 37.0 Å². The molecule has 0 saturated carbocycles. The van der Waals surface area contributed by atoms with Crippen LogP contribution in [0.2, 0.25) is 0 Å². The summed E-state index contributed by atoms with van der Waals surface area (Å²) in [5, 5.41) is 11.1. The number of likely N-dealkylation sites (tertiary alicyclic amines) is 1. The molecular formula is C14H20N2O2S. The molecule has 1 aromatic heterocycles. The summed E-state index contributed by atoms with van der Waals surface area (Å²) in [6, 6.07) is 3.55. The van der Waals surface area contributed by atoms with Crippen molar-refractivity contribution in [2.24, 2.45) is 0 Å². The molecule has 0 radical (unpaired) electrons. The molecule has 1 aliphatic rings. The molecule has 1 aliphatic heterocycles. The van der Waals surface area contributed by atoms with Gasteiger partial charge in [-0.05, 0) is 45.1 Å². The van der Waals surface area contributed by atoms with Crippen molar-refractivity contribution in [3.63, 3.8) is 0 Å². The molecule has 1 unspecified atom stereocenters. The SMILES string of the molecule is CSc1ccc(C(=O)N2CCCC2C(C)(C)O)cn1. The Bertz CT molecular complexity index is 454. The van der Waals surface area contributed by atoms with Gasteiger partial charge in [-0.1, -0.05) is 0 Å². The summed E-state index contributed by atoms with van der Waals surface area (Å²) >= 11 is 1.55. The lowest BCUT2D eigenvalue weighted by Gasteiger charge is -2.33. The third-order valence-corrected chi connectivity index (χ3v) is 4.18. The van der Waals surface area contributed by atoms with E-state index in [0.717, 1.165) is 17.9 Å². The van der Waals surface area contributed by atoms with Crippen molar-refractivity contribution < 1.29 is 9.90 Å². The minimum absolute atomic E-state index is 0.0372. The maximum Gasteiger partial charge on any atom is 0.255 e. The molecule has 0 aliphatic carbocycles. The molecule has 1 fully saturated rings. The summed E-state index contributed by atoms with van der Waals surface area (Å²) in [5.74, 6) is -0.0372. The van der Waals surface area contributed by atoms with E-state index in [-0.39, 0.29) is 11.9 Å². The maximum absolute atomic E-state index is 12.5. The van der Waals surface area contributed by atoms with E-state index in [2.05, 4.69) is 4.98 Å². The van der Waals surface area contributed by atoms with E-state index >= 15 is 0 Å². The molecule has 104 valence electrons. The van der Waals surface area contributed by atoms with Gasteiger partial charge in [-0.25, -0.2) is 4.98 Å². The average Bonchev–Trinajstić information content (AvgIpc) is 2.87. The van der Waals surface area contributed by atoms with Crippen LogP contribution in [0.15, 0.2) is 23.4 Å². The minimum Gasteiger partial charge on any atom is -0.388 e. The molecular weight excluding hydrogens is 260 g/mol. The predicted molar refractivity (Wildman–Crippen MR) is 76.4 cm³/mol. The first-order valence-electron chi connectivity index (χ1n) is 6.47. The third kappa shape index (κ3) is 3.09. The van der Waals surface area contributed by atoms with Gasteiger partial charge in [-0.2, -0.15) is 0 Å². The highest BCUT2D eigenvalue weighted by molar-refractivity contribution is 7.98. The Hall–Kier alpha value is -1.07. The van der Waals surface area contributed by atoms with Gasteiger partial charge in [0.15, 0.2) is 0 Å². The lowest BCUT2D eigenvalue weighted by atomic mass is 9.96. The van der Waals surface area contributed by atoms with Gasteiger partial charge in [0, 0.05) is 12.7 Å². The summed E-state index contributed by atoms with van der Waals surface area (Å²) in [6.45, 7) is 4.23. The minimum atomic E-state index is -0.862. The van der Waals surface area contributed by atoms with Crippen LogP contribution in [-0.2, 0) is 0 Å². The standard InChI is InChI=1S/C14H20N2O2S/c1-14(2,18)11-5-4-8-16(11)13(17)10-6-7-12(19-3)15-9-10/h6-7,9,11,18H,4-5,8H2,1-3H3. The number of carbonyl (C=O) groups is 1. The zero-order valence-electron chi connectivity index (χ0n) is 11.6. The molecule has 0 aromatic carbocycles. The largest absolute Gasteiger partial charge is 0.388 e. The lowest BCUT2D eigenvalue weighted by Crippen LogP contribution is -2.48. The summed E-state index contributed by atoms with van der Waals surface area (Å²) < 4.78 is 0. The van der Waals surface area contributed by atoms with Gasteiger partial charge in [-0.15, -0.1) is 11.8 Å². The molecule has 1 aromatic rings. The number of amides is 1. The van der Waals surface area contributed by atoms with Crippen LogP contribution in [0.25, 0.3) is 0 Å². The summed E-state index contributed by atoms with van der Waals surface area (Å²) in [7, 11) is 0. The Kier molecular flexibility index (Phi) is 4.16. The smallest absolute Gasteiger partial charge is 0.255 e. The second kappa shape index (κ2) is 5.51. The van der Waals surface area contributed by atoms with Gasteiger partial charge in [0.05, 0.1) is 22.2 Å². The first-order valence-corrected chi connectivity index (χ1v) is 7.69. The highest BCUT2D eigenvalue weighted by Gasteiger charge is 2.38. The Morgan fingerprint density at radius 3 is 2.79 bits per heavy atom. The molecule has 1 N–H and O–H groups in total. The molecule has 5 heteroatoms. The van der Waals surface area contributed by atoms with E-state index in [1.54, 1.807) is 42.8 Å². The van der Waals surface area contributed by atoms with Crippen molar-refractivity contribution in [2.75, 3.05) is 12.8 Å². The number of carbonyl (C=O) groups excluding carboxylic acids is 1. The van der Waals surface area contributed by atoms with Crippen LogP contribution in [0.4, 0.5) is 0 Å². The topological polar surface area (TPSA) is 53.4 Å². The summed E-state index contributed by atoms with van der Waals surface area (Å²) in [4.78, 5) is 18.5. The average molecular weight is 280 g/mol. The molecule has 1 atom stereocenters. The van der Waals surface area contributed by atoms with Gasteiger partial charge in [0.2, 0.25) is 0 Å². The van der Waals surface area contributed by atoms with E-state index in [4.69, 9.17) is 0 Å². The molecule has 4 nitrogen and oxygen atoms in total. The number of nitrogens with zero attached hydrogens (tertiary/aromatic N) is 2. The van der Waals surface area contributed by atoms with Gasteiger partial charge in [0.25, 0.3) is 5.91 Å². The van der Waals surface area contributed by atoms with Crippen molar-refractivity contribution >= 4 is 17.7 Å². The Morgan fingerprint density at radius 2 is 2.26 bits per heavy atom. The fourth-order valence-electron chi connectivity index (χ4n) is 2.54. The predicted octanol–water partition coefficient (Wildman–Crippen LogP) is 2.18. The highest BCUT2D eigenvalue weighted by Crippen LogP contribution is 2.28. The van der Waals surface area contributed by atoms with Crippen molar-refractivity contribution in [2.45, 2.75) is 43.4 Å². The fraction of sp³-hybridized carbons (Fsp3) is 0.571. The maximum atomic E-state index is 12.5. The van der Waals surface area contributed by atoms with E-state index in [1.807, 2.05) is 12.3 Å². The third-order valence-electron chi connectivity index (χ3n) is 3.52. The Balaban J connectivity index is 2.18. The zero-order valence-corrected chi connectivity index (χ0v) is 12.4. The van der Waals surface area contributed by atoms with Crippen molar-refractivity contribution in [3.8, 4) is 0 Å². The molecule has 0 bridgehead atoms. The van der Waals surface area contributed by atoms with Gasteiger partial charge in [0.1, 0.15) is 0 Å². The highest BCUT2D eigenvalue weighted by atomic mass is 32.2. The second-order valence-corrected chi connectivity index (χ2v) is 6.23. The quantitative estimate of drug-likeness (QED) is 0.862. The molecule has 2 rings (SSSR count).